The number of hydrogen-bond donors (Lipinski definition) is 2. The Hall–Kier alpha value is -2.83. The summed E-state index contributed by atoms with van der Waals surface area (Å²) in [7, 11) is 0. The molecule has 1 aliphatic carbocycles. The van der Waals surface area contributed by atoms with Gasteiger partial charge in [-0.05, 0) is 55.3 Å². The Morgan fingerprint density at radius 2 is 1.65 bits per heavy atom. The lowest BCUT2D eigenvalue weighted by Crippen LogP contribution is -2.36. The number of hydrogen-bond acceptors (Lipinski definition) is 4. The smallest absolute Gasteiger partial charge is 0.283 e. The van der Waals surface area contributed by atoms with Gasteiger partial charge in [0.25, 0.3) is 17.7 Å². The van der Waals surface area contributed by atoms with Crippen LogP contribution in [0.1, 0.15) is 42.5 Å². The average Bonchev–Trinajstić information content (AvgIpc) is 2.98. The maximum atomic E-state index is 12.8. The van der Waals surface area contributed by atoms with Crippen molar-refractivity contribution in [2.75, 3.05) is 10.2 Å². The van der Waals surface area contributed by atoms with Crippen LogP contribution in [0.15, 0.2) is 59.3 Å². The number of anilines is 2. The molecule has 2 aliphatic rings. The highest BCUT2D eigenvalue weighted by Gasteiger charge is 2.39. The third-order valence-electron chi connectivity index (χ3n) is 5.45. The van der Waals surface area contributed by atoms with Gasteiger partial charge in [0.2, 0.25) is 0 Å². The van der Waals surface area contributed by atoms with Crippen molar-refractivity contribution in [3.05, 3.63) is 69.8 Å². The fraction of sp³-hybridized carbons (Fsp3) is 0.261. The molecule has 1 heterocycles. The maximum Gasteiger partial charge on any atom is 0.283 e. The van der Waals surface area contributed by atoms with E-state index in [4.69, 9.17) is 23.2 Å². The molecule has 2 N–H and O–H groups in total. The van der Waals surface area contributed by atoms with Crippen molar-refractivity contribution in [1.82, 2.24) is 5.32 Å². The molecule has 2 aromatic rings. The van der Waals surface area contributed by atoms with E-state index < -0.39 is 11.8 Å². The minimum atomic E-state index is -0.625. The standard InChI is InChI=1S/C23H21Cl2N3O3/c24-15-5-4-8-18(13-15)28-22(30)19(25)20(23(28)31)26-17-11-9-14(10-12-17)21(29)27-16-6-2-1-3-7-16/h4-5,8-13,16,26H,1-3,6-7H2,(H,27,29). The Morgan fingerprint density at radius 3 is 2.32 bits per heavy atom. The molecule has 160 valence electrons. The molecule has 0 aromatic heterocycles. The van der Waals surface area contributed by atoms with E-state index in [1.54, 1.807) is 42.5 Å². The number of benzene rings is 2. The second-order valence-electron chi connectivity index (χ2n) is 7.63. The molecule has 1 saturated carbocycles. The van der Waals surface area contributed by atoms with Gasteiger partial charge in [0, 0.05) is 22.3 Å². The van der Waals surface area contributed by atoms with Gasteiger partial charge in [-0.1, -0.05) is 48.5 Å². The highest BCUT2D eigenvalue weighted by Crippen LogP contribution is 2.31. The lowest BCUT2D eigenvalue weighted by Gasteiger charge is -2.22. The zero-order chi connectivity index (χ0) is 22.0. The van der Waals surface area contributed by atoms with E-state index in [0.717, 1.165) is 30.6 Å². The van der Waals surface area contributed by atoms with Crippen LogP contribution in [0.4, 0.5) is 11.4 Å². The highest BCUT2D eigenvalue weighted by molar-refractivity contribution is 6.53. The van der Waals surface area contributed by atoms with Gasteiger partial charge >= 0.3 is 0 Å². The first-order valence-corrected chi connectivity index (χ1v) is 10.9. The molecule has 1 fully saturated rings. The van der Waals surface area contributed by atoms with Crippen molar-refractivity contribution in [2.45, 2.75) is 38.1 Å². The minimum absolute atomic E-state index is 0.0222. The van der Waals surface area contributed by atoms with Crippen LogP contribution in [0.3, 0.4) is 0 Å². The molecule has 0 atom stereocenters. The summed E-state index contributed by atoms with van der Waals surface area (Å²) in [6.07, 6.45) is 5.53. The van der Waals surface area contributed by atoms with Crippen LogP contribution in [-0.4, -0.2) is 23.8 Å². The van der Waals surface area contributed by atoms with Crippen molar-refractivity contribution in [2.24, 2.45) is 0 Å². The largest absolute Gasteiger partial charge is 0.350 e. The Balaban J connectivity index is 1.45. The molecule has 0 bridgehead atoms. The summed E-state index contributed by atoms with van der Waals surface area (Å²) in [5.41, 5.74) is 1.39. The molecular weight excluding hydrogens is 437 g/mol. The molecule has 3 amide bonds. The van der Waals surface area contributed by atoms with Gasteiger partial charge in [-0.15, -0.1) is 0 Å². The summed E-state index contributed by atoms with van der Waals surface area (Å²) in [4.78, 5) is 38.8. The normalized spacial score (nSPS) is 17.3. The van der Waals surface area contributed by atoms with Gasteiger partial charge < -0.3 is 10.6 Å². The first kappa shape index (κ1) is 21.4. The molecule has 0 radical (unpaired) electrons. The number of amides is 3. The third kappa shape index (κ3) is 4.60. The molecule has 0 unspecified atom stereocenters. The lowest BCUT2D eigenvalue weighted by molar-refractivity contribution is -0.120. The van der Waals surface area contributed by atoms with Crippen LogP contribution in [0, 0.1) is 0 Å². The van der Waals surface area contributed by atoms with Crippen molar-refractivity contribution < 1.29 is 14.4 Å². The predicted octanol–water partition coefficient (Wildman–Crippen LogP) is 4.84. The van der Waals surface area contributed by atoms with Gasteiger partial charge in [-0.2, -0.15) is 0 Å². The number of halogens is 2. The molecule has 1 aliphatic heterocycles. The first-order valence-electron chi connectivity index (χ1n) is 10.2. The van der Waals surface area contributed by atoms with Crippen LogP contribution >= 0.6 is 23.2 Å². The predicted molar refractivity (Wildman–Crippen MR) is 121 cm³/mol. The molecule has 2 aromatic carbocycles. The zero-order valence-corrected chi connectivity index (χ0v) is 18.2. The van der Waals surface area contributed by atoms with E-state index in [-0.39, 0.29) is 22.7 Å². The average molecular weight is 458 g/mol. The fourth-order valence-electron chi connectivity index (χ4n) is 3.83. The van der Waals surface area contributed by atoms with Crippen LogP contribution in [-0.2, 0) is 9.59 Å². The summed E-state index contributed by atoms with van der Waals surface area (Å²) in [6, 6.07) is 13.3. The maximum absolute atomic E-state index is 12.8. The SMILES string of the molecule is O=C(NC1CCCCC1)c1ccc(NC2=C(Cl)C(=O)N(c3cccc(Cl)c3)C2=O)cc1. The summed E-state index contributed by atoms with van der Waals surface area (Å²) < 4.78 is 0. The van der Waals surface area contributed by atoms with Crippen molar-refractivity contribution >= 4 is 52.3 Å². The van der Waals surface area contributed by atoms with E-state index >= 15 is 0 Å². The van der Waals surface area contributed by atoms with Crippen molar-refractivity contribution in [1.29, 1.82) is 0 Å². The molecule has 31 heavy (non-hydrogen) atoms. The Labute approximate surface area is 190 Å². The van der Waals surface area contributed by atoms with E-state index in [9.17, 15) is 14.4 Å². The van der Waals surface area contributed by atoms with Crippen molar-refractivity contribution in [3.63, 3.8) is 0 Å². The van der Waals surface area contributed by atoms with Gasteiger partial charge in [0.05, 0.1) is 5.69 Å². The van der Waals surface area contributed by atoms with Gasteiger partial charge in [-0.3, -0.25) is 14.4 Å². The number of rotatable bonds is 5. The molecule has 0 spiro atoms. The van der Waals surface area contributed by atoms with Crippen LogP contribution < -0.4 is 15.5 Å². The molecule has 4 rings (SSSR count). The lowest BCUT2D eigenvalue weighted by atomic mass is 9.95. The molecular formula is C23H21Cl2N3O3. The molecule has 0 saturated heterocycles. The van der Waals surface area contributed by atoms with Crippen LogP contribution in [0.2, 0.25) is 5.02 Å². The molecule has 6 nitrogen and oxygen atoms in total. The summed E-state index contributed by atoms with van der Waals surface area (Å²) in [5.74, 6) is -1.31. The number of nitrogens with zero attached hydrogens (tertiary/aromatic N) is 1. The fourth-order valence-corrected chi connectivity index (χ4v) is 4.22. The van der Waals surface area contributed by atoms with E-state index in [2.05, 4.69) is 10.6 Å². The van der Waals surface area contributed by atoms with Crippen LogP contribution in [0.25, 0.3) is 0 Å². The van der Waals surface area contributed by atoms with Gasteiger partial charge in [0.1, 0.15) is 10.7 Å². The Kier molecular flexibility index (Phi) is 6.30. The van der Waals surface area contributed by atoms with E-state index in [0.29, 0.717) is 22.0 Å². The van der Waals surface area contributed by atoms with Crippen LogP contribution in [0.5, 0.6) is 0 Å². The Bertz CT molecular complexity index is 1060. The van der Waals surface area contributed by atoms with Crippen molar-refractivity contribution in [3.8, 4) is 0 Å². The number of nitrogens with one attached hydrogen (secondary N) is 2. The van der Waals surface area contributed by atoms with E-state index in [1.807, 2.05) is 0 Å². The summed E-state index contributed by atoms with van der Waals surface area (Å²) in [5, 5.41) is 6.17. The van der Waals surface area contributed by atoms with Gasteiger partial charge in [-0.25, -0.2) is 4.90 Å². The quantitative estimate of drug-likeness (QED) is 0.629. The topological polar surface area (TPSA) is 78.5 Å². The number of imide groups is 1. The van der Waals surface area contributed by atoms with Gasteiger partial charge in [0.15, 0.2) is 0 Å². The monoisotopic (exact) mass is 457 g/mol. The minimum Gasteiger partial charge on any atom is -0.350 e. The summed E-state index contributed by atoms with van der Waals surface area (Å²) in [6.45, 7) is 0. The first-order chi connectivity index (χ1) is 14.9. The number of carbonyl (C=O) groups excluding carboxylic acids is 3. The summed E-state index contributed by atoms with van der Waals surface area (Å²) >= 11 is 12.1. The van der Waals surface area contributed by atoms with E-state index in [1.165, 1.54) is 12.5 Å². The second-order valence-corrected chi connectivity index (χ2v) is 8.44. The second kappa shape index (κ2) is 9.12. The zero-order valence-electron chi connectivity index (χ0n) is 16.7. The number of carbonyl (C=O) groups is 3. The third-order valence-corrected chi connectivity index (χ3v) is 6.04. The Morgan fingerprint density at radius 1 is 0.935 bits per heavy atom. The highest BCUT2D eigenvalue weighted by atomic mass is 35.5. The molecule has 8 heteroatoms.